The minimum atomic E-state index is -0.540. The molecule has 9 heteroatoms. The lowest BCUT2D eigenvalue weighted by molar-refractivity contribution is -0.00477. The zero-order chi connectivity index (χ0) is 21.4. The van der Waals surface area contributed by atoms with Crippen LogP contribution in [0.1, 0.15) is 29.6 Å². The lowest BCUT2D eigenvalue weighted by atomic mass is 9.72. The van der Waals surface area contributed by atoms with Gasteiger partial charge in [0.2, 0.25) is 5.88 Å². The maximum absolute atomic E-state index is 14.6. The second kappa shape index (κ2) is 8.05. The number of ether oxygens (including phenoxy) is 1. The average molecular weight is 425 g/mol. The summed E-state index contributed by atoms with van der Waals surface area (Å²) in [6, 6.07) is 7.35. The van der Waals surface area contributed by atoms with Crippen molar-refractivity contribution in [3.63, 3.8) is 0 Å². The van der Waals surface area contributed by atoms with Gasteiger partial charge in [0, 0.05) is 18.7 Å². The molecule has 160 valence electrons. The number of amides is 1. The van der Waals surface area contributed by atoms with Crippen LogP contribution in [-0.4, -0.2) is 50.0 Å². The third-order valence-corrected chi connectivity index (χ3v) is 6.23. The van der Waals surface area contributed by atoms with Gasteiger partial charge < -0.3 is 9.64 Å². The third-order valence-electron chi connectivity index (χ3n) is 6.23. The molecule has 0 N–H and O–H groups in total. The van der Waals surface area contributed by atoms with Crippen molar-refractivity contribution in [1.82, 2.24) is 24.9 Å². The van der Waals surface area contributed by atoms with E-state index in [4.69, 9.17) is 4.74 Å². The van der Waals surface area contributed by atoms with Crippen LogP contribution >= 0.6 is 0 Å². The number of piperidine rings is 2. The molecule has 2 aromatic heterocycles. The molecule has 2 bridgehead atoms. The number of nitrogens with zero attached hydrogens (tertiary/aromatic N) is 5. The largest absolute Gasteiger partial charge is 0.477 e. The number of hydrogen-bond acceptors (Lipinski definition) is 5. The van der Waals surface area contributed by atoms with E-state index < -0.39 is 11.6 Å². The minimum Gasteiger partial charge on any atom is -0.477 e. The van der Waals surface area contributed by atoms with Crippen molar-refractivity contribution in [2.45, 2.75) is 25.3 Å². The number of carbonyl (C=O) groups excluding carboxylic acids is 1. The fraction of sp³-hybridized carbons (Fsp3) is 0.364. The van der Waals surface area contributed by atoms with Gasteiger partial charge in [-0.3, -0.25) is 4.79 Å². The standard InChI is InChI=1S/C22H21F2N5O2/c23-16-5-7-20(25-11-16)31-13-15-10-17-6-4-14(15)12-28(17)22(30)18-2-1-3-19(24)21(18)29-26-8-9-27-29/h1-3,5,7-9,11,14-15,17H,4,6,10,12-13H2. The minimum absolute atomic E-state index is 0.0639. The molecule has 3 unspecified atom stereocenters. The van der Waals surface area contributed by atoms with E-state index in [-0.39, 0.29) is 35.0 Å². The van der Waals surface area contributed by atoms with Gasteiger partial charge in [-0.25, -0.2) is 13.8 Å². The van der Waals surface area contributed by atoms with E-state index in [0.717, 1.165) is 30.3 Å². The molecular formula is C22H21F2N5O2. The van der Waals surface area contributed by atoms with Gasteiger partial charge in [-0.1, -0.05) is 6.07 Å². The number of fused-ring (bicyclic) bond motifs is 3. The Hall–Kier alpha value is -3.36. The van der Waals surface area contributed by atoms with Crippen LogP contribution in [0.2, 0.25) is 0 Å². The van der Waals surface area contributed by atoms with E-state index in [0.29, 0.717) is 19.0 Å². The van der Waals surface area contributed by atoms with Gasteiger partial charge in [0.15, 0.2) is 5.82 Å². The monoisotopic (exact) mass is 425 g/mol. The highest BCUT2D eigenvalue weighted by atomic mass is 19.1. The van der Waals surface area contributed by atoms with Crippen molar-refractivity contribution in [1.29, 1.82) is 0 Å². The molecule has 3 fully saturated rings. The number of para-hydroxylation sites is 1. The van der Waals surface area contributed by atoms with Crippen LogP contribution in [-0.2, 0) is 0 Å². The van der Waals surface area contributed by atoms with Crippen LogP contribution in [0.5, 0.6) is 5.88 Å². The summed E-state index contributed by atoms with van der Waals surface area (Å²) >= 11 is 0. The van der Waals surface area contributed by atoms with Gasteiger partial charge in [0.25, 0.3) is 5.91 Å². The molecule has 1 amide bonds. The number of rotatable bonds is 5. The van der Waals surface area contributed by atoms with Gasteiger partial charge in [0.05, 0.1) is 30.8 Å². The number of carbonyl (C=O) groups is 1. The van der Waals surface area contributed by atoms with E-state index >= 15 is 0 Å². The Labute approximate surface area is 177 Å². The molecule has 6 rings (SSSR count). The van der Waals surface area contributed by atoms with Gasteiger partial charge in [0.1, 0.15) is 11.5 Å². The Morgan fingerprint density at radius 3 is 2.68 bits per heavy atom. The molecule has 1 aliphatic carbocycles. The van der Waals surface area contributed by atoms with E-state index in [2.05, 4.69) is 15.2 Å². The SMILES string of the molecule is O=C(c1cccc(F)c1-n1nccn1)N1CC2CCC1CC2COc1ccc(F)cn1. The Morgan fingerprint density at radius 2 is 1.97 bits per heavy atom. The highest BCUT2D eigenvalue weighted by molar-refractivity contribution is 5.98. The summed E-state index contributed by atoms with van der Waals surface area (Å²) in [5.41, 5.74) is 0.327. The van der Waals surface area contributed by atoms with Crippen molar-refractivity contribution in [2.75, 3.05) is 13.2 Å². The quantitative estimate of drug-likeness (QED) is 0.628. The first-order chi connectivity index (χ1) is 15.1. The molecule has 0 radical (unpaired) electrons. The van der Waals surface area contributed by atoms with Crippen LogP contribution in [0.25, 0.3) is 5.69 Å². The molecule has 2 aliphatic heterocycles. The Morgan fingerprint density at radius 1 is 1.13 bits per heavy atom. The van der Waals surface area contributed by atoms with Gasteiger partial charge >= 0.3 is 0 Å². The number of hydrogen-bond donors (Lipinski definition) is 0. The Balaban J connectivity index is 1.31. The van der Waals surface area contributed by atoms with Crippen LogP contribution < -0.4 is 4.74 Å². The van der Waals surface area contributed by atoms with Crippen molar-refractivity contribution >= 4 is 5.91 Å². The van der Waals surface area contributed by atoms with Crippen LogP contribution in [0.15, 0.2) is 48.9 Å². The summed E-state index contributed by atoms with van der Waals surface area (Å²) < 4.78 is 33.3. The number of aromatic nitrogens is 4. The number of benzene rings is 1. The Kier molecular flexibility index (Phi) is 5.09. The number of halogens is 2. The fourth-order valence-corrected chi connectivity index (χ4v) is 4.70. The molecule has 3 atom stereocenters. The molecule has 31 heavy (non-hydrogen) atoms. The van der Waals surface area contributed by atoms with Crippen LogP contribution in [0.3, 0.4) is 0 Å². The highest BCUT2D eigenvalue weighted by Gasteiger charge is 2.43. The van der Waals surface area contributed by atoms with E-state index in [1.807, 2.05) is 4.90 Å². The lowest BCUT2D eigenvalue weighted by Crippen LogP contribution is -2.55. The normalized spacial score (nSPS) is 22.5. The summed E-state index contributed by atoms with van der Waals surface area (Å²) in [6.45, 7) is 1.07. The topological polar surface area (TPSA) is 73.1 Å². The highest BCUT2D eigenvalue weighted by Crippen LogP contribution is 2.40. The lowest BCUT2D eigenvalue weighted by Gasteiger charge is -2.49. The van der Waals surface area contributed by atoms with Crippen LogP contribution in [0, 0.1) is 23.5 Å². The summed E-state index contributed by atoms with van der Waals surface area (Å²) in [5, 5.41) is 8.01. The number of pyridine rings is 1. The molecule has 4 heterocycles. The van der Waals surface area contributed by atoms with Crippen molar-refractivity contribution in [2.24, 2.45) is 11.8 Å². The zero-order valence-corrected chi connectivity index (χ0v) is 16.7. The summed E-state index contributed by atoms with van der Waals surface area (Å²) in [4.78, 5) is 20.3. The molecule has 1 aromatic carbocycles. The first kappa shape index (κ1) is 19.6. The summed E-state index contributed by atoms with van der Waals surface area (Å²) in [6.07, 6.45) is 6.76. The first-order valence-corrected chi connectivity index (χ1v) is 10.3. The molecule has 2 saturated heterocycles. The van der Waals surface area contributed by atoms with Crippen molar-refractivity contribution < 1.29 is 18.3 Å². The fourth-order valence-electron chi connectivity index (χ4n) is 4.70. The summed E-state index contributed by atoms with van der Waals surface area (Å²) in [5.74, 6) is -0.181. The second-order valence-corrected chi connectivity index (χ2v) is 8.02. The molecular weight excluding hydrogens is 404 g/mol. The predicted molar refractivity (Wildman–Crippen MR) is 107 cm³/mol. The van der Waals surface area contributed by atoms with E-state index in [9.17, 15) is 13.6 Å². The van der Waals surface area contributed by atoms with E-state index in [1.54, 1.807) is 6.07 Å². The zero-order valence-electron chi connectivity index (χ0n) is 16.7. The molecule has 1 saturated carbocycles. The molecule has 7 nitrogen and oxygen atoms in total. The van der Waals surface area contributed by atoms with Gasteiger partial charge in [-0.15, -0.1) is 4.80 Å². The summed E-state index contributed by atoms with van der Waals surface area (Å²) in [7, 11) is 0. The molecule has 0 spiro atoms. The van der Waals surface area contributed by atoms with Crippen molar-refractivity contribution in [3.05, 3.63) is 66.1 Å². The maximum Gasteiger partial charge on any atom is 0.256 e. The Bertz CT molecular complexity index is 1070. The van der Waals surface area contributed by atoms with Crippen LogP contribution in [0.4, 0.5) is 8.78 Å². The van der Waals surface area contributed by atoms with Crippen molar-refractivity contribution in [3.8, 4) is 11.6 Å². The van der Waals surface area contributed by atoms with Gasteiger partial charge in [-0.05, 0) is 49.3 Å². The molecule has 3 aromatic rings. The smallest absolute Gasteiger partial charge is 0.256 e. The van der Waals surface area contributed by atoms with E-state index in [1.165, 1.54) is 36.7 Å². The predicted octanol–water partition coefficient (Wildman–Crippen LogP) is 3.26. The molecule has 3 aliphatic rings. The maximum atomic E-state index is 14.6. The third kappa shape index (κ3) is 3.75. The van der Waals surface area contributed by atoms with Gasteiger partial charge in [-0.2, -0.15) is 10.2 Å². The average Bonchev–Trinajstić information content (AvgIpc) is 3.33. The first-order valence-electron chi connectivity index (χ1n) is 10.3. The second-order valence-electron chi connectivity index (χ2n) is 8.02.